The third-order valence-electron chi connectivity index (χ3n) is 5.84. The van der Waals surface area contributed by atoms with Crippen molar-refractivity contribution in [3.05, 3.63) is 0 Å². The number of esters is 1. The summed E-state index contributed by atoms with van der Waals surface area (Å²) in [4.78, 5) is 14.0. The van der Waals surface area contributed by atoms with E-state index in [2.05, 4.69) is 25.8 Å². The molecule has 0 radical (unpaired) electrons. The van der Waals surface area contributed by atoms with E-state index in [0.29, 0.717) is 13.0 Å². The highest BCUT2D eigenvalue weighted by Crippen LogP contribution is 2.10. The van der Waals surface area contributed by atoms with Crippen LogP contribution in [0, 0.1) is 0 Å². The zero-order valence-corrected chi connectivity index (χ0v) is 20.6. The summed E-state index contributed by atoms with van der Waals surface area (Å²) in [6.07, 6.45) is 20.6. The Morgan fingerprint density at radius 2 is 1.30 bits per heavy atom. The highest BCUT2D eigenvalue weighted by Gasteiger charge is 2.08. The lowest BCUT2D eigenvalue weighted by atomic mass is 10.1. The van der Waals surface area contributed by atoms with E-state index in [-0.39, 0.29) is 12.1 Å². The number of carbonyl (C=O) groups excluding carboxylic acids is 1. The molecule has 0 aromatic heterocycles. The molecular weight excluding hydrogens is 374 g/mol. The van der Waals surface area contributed by atoms with Crippen LogP contribution in [-0.4, -0.2) is 48.8 Å². The lowest BCUT2D eigenvalue weighted by molar-refractivity contribution is -0.143. The summed E-state index contributed by atoms with van der Waals surface area (Å²) < 4.78 is 5.34. The van der Waals surface area contributed by atoms with Gasteiger partial charge in [-0.15, -0.1) is 0 Å². The Morgan fingerprint density at radius 1 is 0.767 bits per heavy atom. The van der Waals surface area contributed by atoms with Crippen molar-refractivity contribution < 1.29 is 14.6 Å². The molecule has 0 aliphatic rings. The third-order valence-corrected chi connectivity index (χ3v) is 5.84. The number of aliphatic hydroxyl groups is 1. The number of nitrogens with zero attached hydrogens (tertiary/aromatic N) is 1. The number of carbonyl (C=O) groups is 1. The molecule has 4 nitrogen and oxygen atoms in total. The molecule has 0 amide bonds. The fourth-order valence-corrected chi connectivity index (χ4v) is 3.85. The molecule has 0 heterocycles. The maximum atomic E-state index is 11.8. The molecule has 0 saturated heterocycles. The zero-order valence-electron chi connectivity index (χ0n) is 20.6. The van der Waals surface area contributed by atoms with Gasteiger partial charge in [0.25, 0.3) is 0 Å². The molecule has 30 heavy (non-hydrogen) atoms. The molecule has 0 bridgehead atoms. The number of unbranched alkanes of at least 4 members (excludes halogenated alkanes) is 13. The van der Waals surface area contributed by atoms with Gasteiger partial charge in [0.1, 0.15) is 0 Å². The third kappa shape index (κ3) is 22.1. The van der Waals surface area contributed by atoms with Crippen molar-refractivity contribution in [2.24, 2.45) is 0 Å². The molecule has 4 heteroatoms. The van der Waals surface area contributed by atoms with Crippen molar-refractivity contribution in [3.8, 4) is 0 Å². The molecule has 0 spiro atoms. The van der Waals surface area contributed by atoms with Crippen LogP contribution < -0.4 is 0 Å². The summed E-state index contributed by atoms with van der Waals surface area (Å²) in [7, 11) is 2.11. The van der Waals surface area contributed by atoms with E-state index in [4.69, 9.17) is 4.74 Å². The van der Waals surface area contributed by atoms with Gasteiger partial charge in [0.2, 0.25) is 0 Å². The van der Waals surface area contributed by atoms with Gasteiger partial charge < -0.3 is 14.7 Å². The highest BCUT2D eigenvalue weighted by atomic mass is 16.5. The van der Waals surface area contributed by atoms with E-state index in [1.165, 1.54) is 77.0 Å². The molecule has 0 saturated carbocycles. The Balaban J connectivity index is 3.36. The van der Waals surface area contributed by atoms with Gasteiger partial charge in [0.15, 0.2) is 0 Å². The van der Waals surface area contributed by atoms with Crippen LogP contribution in [-0.2, 0) is 9.53 Å². The second kappa shape index (κ2) is 23.1. The smallest absolute Gasteiger partial charge is 0.305 e. The van der Waals surface area contributed by atoms with Crippen LogP contribution >= 0.6 is 0 Å². The second-order valence-electron chi connectivity index (χ2n) is 9.12. The minimum atomic E-state index is -0.182. The first-order valence-corrected chi connectivity index (χ1v) is 13.1. The average molecular weight is 428 g/mol. The Labute approximate surface area is 188 Å². The SMILES string of the molecule is CCCCCCCCCOC(=O)CCCCCCCN(C)CC(O)CCCCCC. The number of aliphatic hydroxyl groups excluding tert-OH is 1. The molecule has 0 aromatic carbocycles. The molecule has 0 aromatic rings. The number of likely N-dealkylation sites (N-methyl/N-ethyl adjacent to an activating group) is 1. The van der Waals surface area contributed by atoms with Crippen LogP contribution in [0.4, 0.5) is 0 Å². The molecule has 1 N–H and O–H groups in total. The van der Waals surface area contributed by atoms with Gasteiger partial charge in [0.05, 0.1) is 12.7 Å². The summed E-state index contributed by atoms with van der Waals surface area (Å²) in [6, 6.07) is 0. The number of ether oxygens (including phenoxy) is 1. The molecule has 0 rings (SSSR count). The van der Waals surface area contributed by atoms with Crippen molar-refractivity contribution >= 4 is 5.97 Å². The standard InChI is InChI=1S/C26H53NO3/c1-4-6-8-10-11-15-19-23-30-26(29)21-17-13-12-14-18-22-27(3)24-25(28)20-16-9-7-5-2/h25,28H,4-24H2,1-3H3. The first-order valence-electron chi connectivity index (χ1n) is 13.1. The highest BCUT2D eigenvalue weighted by molar-refractivity contribution is 5.69. The summed E-state index contributed by atoms with van der Waals surface area (Å²) >= 11 is 0. The number of hydrogen-bond donors (Lipinski definition) is 1. The minimum Gasteiger partial charge on any atom is -0.466 e. The van der Waals surface area contributed by atoms with Crippen molar-refractivity contribution in [2.75, 3.05) is 26.7 Å². The van der Waals surface area contributed by atoms with Gasteiger partial charge in [-0.3, -0.25) is 4.79 Å². The molecule has 0 aliphatic heterocycles. The summed E-state index contributed by atoms with van der Waals surface area (Å²) in [5.41, 5.74) is 0. The Hall–Kier alpha value is -0.610. The van der Waals surface area contributed by atoms with E-state index >= 15 is 0 Å². The van der Waals surface area contributed by atoms with E-state index in [1.807, 2.05) is 0 Å². The maximum Gasteiger partial charge on any atom is 0.305 e. The van der Waals surface area contributed by atoms with Gasteiger partial charge in [-0.25, -0.2) is 0 Å². The number of hydrogen-bond acceptors (Lipinski definition) is 4. The van der Waals surface area contributed by atoms with Crippen molar-refractivity contribution in [1.82, 2.24) is 4.90 Å². The lowest BCUT2D eigenvalue weighted by Crippen LogP contribution is -2.29. The van der Waals surface area contributed by atoms with Gasteiger partial charge in [-0.1, -0.05) is 97.3 Å². The second-order valence-corrected chi connectivity index (χ2v) is 9.12. The van der Waals surface area contributed by atoms with Crippen LogP contribution in [0.1, 0.15) is 129 Å². The largest absolute Gasteiger partial charge is 0.466 e. The van der Waals surface area contributed by atoms with Gasteiger partial charge in [-0.2, -0.15) is 0 Å². The molecule has 1 unspecified atom stereocenters. The molecule has 0 fully saturated rings. The van der Waals surface area contributed by atoms with Gasteiger partial charge >= 0.3 is 5.97 Å². The van der Waals surface area contributed by atoms with E-state index in [0.717, 1.165) is 45.2 Å². The van der Waals surface area contributed by atoms with E-state index < -0.39 is 0 Å². The van der Waals surface area contributed by atoms with Crippen LogP contribution in [0.25, 0.3) is 0 Å². The molecule has 0 aliphatic carbocycles. The van der Waals surface area contributed by atoms with E-state index in [9.17, 15) is 9.90 Å². The van der Waals surface area contributed by atoms with Crippen molar-refractivity contribution in [1.29, 1.82) is 0 Å². The van der Waals surface area contributed by atoms with Crippen LogP contribution in [0.3, 0.4) is 0 Å². The summed E-state index contributed by atoms with van der Waals surface area (Å²) in [5.74, 6) is -0.0198. The molecule has 1 atom stereocenters. The van der Waals surface area contributed by atoms with Gasteiger partial charge in [0, 0.05) is 13.0 Å². The minimum absolute atomic E-state index is 0.0198. The van der Waals surface area contributed by atoms with Crippen molar-refractivity contribution in [2.45, 2.75) is 136 Å². The Bertz CT molecular complexity index is 362. The fourth-order valence-electron chi connectivity index (χ4n) is 3.85. The normalized spacial score (nSPS) is 12.4. The zero-order chi connectivity index (χ0) is 22.3. The monoisotopic (exact) mass is 427 g/mol. The van der Waals surface area contributed by atoms with Gasteiger partial charge in [-0.05, 0) is 39.3 Å². The Kier molecular flexibility index (Phi) is 22.6. The Morgan fingerprint density at radius 3 is 1.97 bits per heavy atom. The molecule has 180 valence electrons. The summed E-state index contributed by atoms with van der Waals surface area (Å²) in [5, 5.41) is 10.1. The van der Waals surface area contributed by atoms with Crippen molar-refractivity contribution in [3.63, 3.8) is 0 Å². The number of rotatable bonds is 23. The first-order chi connectivity index (χ1) is 14.6. The lowest BCUT2D eigenvalue weighted by Gasteiger charge is -2.20. The quantitative estimate of drug-likeness (QED) is 0.143. The van der Waals surface area contributed by atoms with Crippen LogP contribution in [0.15, 0.2) is 0 Å². The predicted molar refractivity (Wildman–Crippen MR) is 129 cm³/mol. The topological polar surface area (TPSA) is 49.8 Å². The maximum absolute atomic E-state index is 11.8. The molecular formula is C26H53NO3. The van der Waals surface area contributed by atoms with E-state index in [1.54, 1.807) is 0 Å². The fraction of sp³-hybridized carbons (Fsp3) is 0.962. The first kappa shape index (κ1) is 29.4. The van der Waals surface area contributed by atoms with Crippen LogP contribution in [0.2, 0.25) is 0 Å². The average Bonchev–Trinajstić information content (AvgIpc) is 2.72. The summed E-state index contributed by atoms with van der Waals surface area (Å²) in [6.45, 7) is 6.89. The predicted octanol–water partition coefficient (Wildman–Crippen LogP) is 6.88. The van der Waals surface area contributed by atoms with Crippen LogP contribution in [0.5, 0.6) is 0 Å².